The highest BCUT2D eigenvalue weighted by Crippen LogP contribution is 2.12. The Labute approximate surface area is 102 Å². The van der Waals surface area contributed by atoms with Crippen molar-refractivity contribution in [2.75, 3.05) is 25.6 Å². The van der Waals surface area contributed by atoms with Crippen LogP contribution in [-0.4, -0.2) is 37.8 Å². The molecule has 94 valence electrons. The van der Waals surface area contributed by atoms with Crippen LogP contribution in [0.3, 0.4) is 0 Å². The number of hydrogen-bond donors (Lipinski definition) is 2. The number of nitrogens with one attached hydrogen (secondary N) is 1. The summed E-state index contributed by atoms with van der Waals surface area (Å²) in [7, 11) is 3.90. The Hall–Kier alpha value is -1.55. The van der Waals surface area contributed by atoms with Gasteiger partial charge in [-0.1, -0.05) is 6.92 Å². The second kappa shape index (κ2) is 6.25. The molecular formula is C13H20N2O2. The maximum Gasteiger partial charge on any atom is 0.251 e. The first-order valence-corrected chi connectivity index (χ1v) is 5.77. The number of carbonyl (C=O) groups is 1. The van der Waals surface area contributed by atoms with E-state index in [1.807, 2.05) is 38.1 Å². The molecule has 0 aliphatic rings. The van der Waals surface area contributed by atoms with E-state index in [1.54, 1.807) is 12.1 Å². The third-order valence-corrected chi connectivity index (χ3v) is 2.69. The van der Waals surface area contributed by atoms with Crippen LogP contribution in [0.25, 0.3) is 0 Å². The zero-order chi connectivity index (χ0) is 12.8. The zero-order valence-corrected chi connectivity index (χ0v) is 10.6. The number of amides is 1. The van der Waals surface area contributed by atoms with Crippen LogP contribution in [0.5, 0.6) is 0 Å². The molecule has 0 spiro atoms. The van der Waals surface area contributed by atoms with Gasteiger partial charge in [0.1, 0.15) is 0 Å². The van der Waals surface area contributed by atoms with Crippen LogP contribution in [0.1, 0.15) is 23.7 Å². The minimum absolute atomic E-state index is 0.0297. The van der Waals surface area contributed by atoms with E-state index < -0.39 is 0 Å². The lowest BCUT2D eigenvalue weighted by Crippen LogP contribution is -2.36. The fraction of sp³-hybridized carbons (Fsp3) is 0.462. The van der Waals surface area contributed by atoms with Crippen molar-refractivity contribution in [2.24, 2.45) is 0 Å². The summed E-state index contributed by atoms with van der Waals surface area (Å²) in [6.45, 7) is 1.90. The van der Waals surface area contributed by atoms with Gasteiger partial charge >= 0.3 is 0 Å². The highest BCUT2D eigenvalue weighted by Gasteiger charge is 2.10. The van der Waals surface area contributed by atoms with E-state index in [0.717, 1.165) is 12.1 Å². The molecule has 0 aromatic heterocycles. The standard InChI is InChI=1S/C13H20N2O2/c1-4-11(9-16)14-13(17)10-5-7-12(8-6-10)15(2)3/h5-8,11,16H,4,9H2,1-3H3,(H,14,17)/t11-/m1/s1. The molecule has 4 heteroatoms. The number of aliphatic hydroxyl groups is 1. The van der Waals surface area contributed by atoms with Crippen molar-refractivity contribution in [1.82, 2.24) is 5.32 Å². The van der Waals surface area contributed by atoms with Gasteiger partial charge in [0.2, 0.25) is 0 Å². The Morgan fingerprint density at radius 1 is 1.35 bits per heavy atom. The van der Waals surface area contributed by atoms with Gasteiger partial charge in [-0.3, -0.25) is 4.79 Å². The minimum atomic E-state index is -0.170. The molecule has 0 aliphatic carbocycles. The van der Waals surface area contributed by atoms with Crippen molar-refractivity contribution >= 4 is 11.6 Å². The average molecular weight is 236 g/mol. The van der Waals surface area contributed by atoms with Crippen LogP contribution in [0.2, 0.25) is 0 Å². The lowest BCUT2D eigenvalue weighted by Gasteiger charge is -2.15. The molecular weight excluding hydrogens is 216 g/mol. The van der Waals surface area contributed by atoms with Crippen LogP contribution < -0.4 is 10.2 Å². The van der Waals surface area contributed by atoms with E-state index in [0.29, 0.717) is 5.56 Å². The smallest absolute Gasteiger partial charge is 0.251 e. The Kier molecular flexibility index (Phi) is 4.97. The molecule has 4 nitrogen and oxygen atoms in total. The molecule has 17 heavy (non-hydrogen) atoms. The molecule has 1 amide bonds. The van der Waals surface area contributed by atoms with Crippen molar-refractivity contribution in [3.05, 3.63) is 29.8 Å². The predicted octanol–water partition coefficient (Wildman–Crippen LogP) is 1.25. The summed E-state index contributed by atoms with van der Waals surface area (Å²) in [6, 6.07) is 7.20. The van der Waals surface area contributed by atoms with E-state index in [1.165, 1.54) is 0 Å². The lowest BCUT2D eigenvalue weighted by molar-refractivity contribution is 0.0915. The minimum Gasteiger partial charge on any atom is -0.394 e. The topological polar surface area (TPSA) is 52.6 Å². The zero-order valence-electron chi connectivity index (χ0n) is 10.6. The fourth-order valence-corrected chi connectivity index (χ4v) is 1.46. The van der Waals surface area contributed by atoms with Gasteiger partial charge in [0.25, 0.3) is 5.91 Å². The first-order chi connectivity index (χ1) is 8.08. The number of aliphatic hydroxyl groups excluding tert-OH is 1. The van der Waals surface area contributed by atoms with E-state index in [-0.39, 0.29) is 18.6 Å². The van der Waals surface area contributed by atoms with E-state index >= 15 is 0 Å². The number of benzene rings is 1. The van der Waals surface area contributed by atoms with Crippen molar-refractivity contribution < 1.29 is 9.90 Å². The predicted molar refractivity (Wildman–Crippen MR) is 69.4 cm³/mol. The Bertz CT molecular complexity index is 356. The van der Waals surface area contributed by atoms with Gasteiger partial charge in [-0.25, -0.2) is 0 Å². The Balaban J connectivity index is 2.69. The largest absolute Gasteiger partial charge is 0.394 e. The number of rotatable bonds is 5. The fourth-order valence-electron chi connectivity index (χ4n) is 1.46. The van der Waals surface area contributed by atoms with E-state index in [4.69, 9.17) is 5.11 Å². The number of anilines is 1. The number of hydrogen-bond acceptors (Lipinski definition) is 3. The summed E-state index contributed by atoms with van der Waals surface area (Å²) in [6.07, 6.45) is 0.720. The molecule has 0 saturated heterocycles. The van der Waals surface area contributed by atoms with Gasteiger partial charge < -0.3 is 15.3 Å². The van der Waals surface area contributed by atoms with Crippen LogP contribution in [0, 0.1) is 0 Å². The van der Waals surface area contributed by atoms with Gasteiger partial charge in [0, 0.05) is 25.3 Å². The monoisotopic (exact) mass is 236 g/mol. The van der Waals surface area contributed by atoms with E-state index in [2.05, 4.69) is 5.32 Å². The number of nitrogens with zero attached hydrogens (tertiary/aromatic N) is 1. The summed E-state index contributed by atoms with van der Waals surface area (Å²) >= 11 is 0. The van der Waals surface area contributed by atoms with Crippen molar-refractivity contribution in [3.8, 4) is 0 Å². The second-order valence-electron chi connectivity index (χ2n) is 4.20. The summed E-state index contributed by atoms with van der Waals surface area (Å²) in [4.78, 5) is 13.8. The van der Waals surface area contributed by atoms with Gasteiger partial charge in [-0.15, -0.1) is 0 Å². The molecule has 1 atom stereocenters. The van der Waals surface area contributed by atoms with E-state index in [9.17, 15) is 4.79 Å². The Morgan fingerprint density at radius 3 is 2.35 bits per heavy atom. The van der Waals surface area contributed by atoms with Crippen molar-refractivity contribution in [2.45, 2.75) is 19.4 Å². The van der Waals surface area contributed by atoms with Crippen molar-refractivity contribution in [1.29, 1.82) is 0 Å². The highest BCUT2D eigenvalue weighted by atomic mass is 16.3. The average Bonchev–Trinajstić information content (AvgIpc) is 2.35. The molecule has 0 fully saturated rings. The molecule has 2 N–H and O–H groups in total. The van der Waals surface area contributed by atoms with Crippen LogP contribution in [-0.2, 0) is 0 Å². The van der Waals surface area contributed by atoms with Crippen LogP contribution in [0.15, 0.2) is 24.3 Å². The molecule has 0 saturated carbocycles. The first-order valence-electron chi connectivity index (χ1n) is 5.77. The Morgan fingerprint density at radius 2 is 1.94 bits per heavy atom. The SMILES string of the molecule is CC[C@H](CO)NC(=O)c1ccc(N(C)C)cc1. The molecule has 0 bridgehead atoms. The molecule has 0 aliphatic heterocycles. The van der Waals surface area contributed by atoms with Gasteiger partial charge in [-0.2, -0.15) is 0 Å². The van der Waals surface area contributed by atoms with Gasteiger partial charge in [0.05, 0.1) is 12.6 Å². The second-order valence-corrected chi connectivity index (χ2v) is 4.20. The third kappa shape index (κ3) is 3.75. The normalized spacial score (nSPS) is 12.0. The summed E-state index contributed by atoms with van der Waals surface area (Å²) in [5.41, 5.74) is 1.67. The van der Waals surface area contributed by atoms with Gasteiger partial charge in [0.15, 0.2) is 0 Å². The lowest BCUT2D eigenvalue weighted by atomic mass is 10.1. The summed E-state index contributed by atoms with van der Waals surface area (Å²) < 4.78 is 0. The van der Waals surface area contributed by atoms with Crippen LogP contribution >= 0.6 is 0 Å². The molecule has 0 heterocycles. The molecule has 0 radical (unpaired) electrons. The number of carbonyl (C=O) groups excluding carboxylic acids is 1. The summed E-state index contributed by atoms with van der Waals surface area (Å²) in [5, 5.41) is 11.8. The molecule has 1 aromatic rings. The third-order valence-electron chi connectivity index (χ3n) is 2.69. The van der Waals surface area contributed by atoms with Crippen molar-refractivity contribution in [3.63, 3.8) is 0 Å². The quantitative estimate of drug-likeness (QED) is 0.809. The highest BCUT2D eigenvalue weighted by molar-refractivity contribution is 5.94. The molecule has 1 rings (SSSR count). The molecule has 1 aromatic carbocycles. The van der Waals surface area contributed by atoms with Gasteiger partial charge in [-0.05, 0) is 30.7 Å². The molecule has 0 unspecified atom stereocenters. The van der Waals surface area contributed by atoms with Crippen LogP contribution in [0.4, 0.5) is 5.69 Å². The maximum atomic E-state index is 11.8. The maximum absolute atomic E-state index is 11.8. The first kappa shape index (κ1) is 13.5. The summed E-state index contributed by atoms with van der Waals surface area (Å²) in [5.74, 6) is -0.142.